The molecule has 98 valence electrons. The summed E-state index contributed by atoms with van der Waals surface area (Å²) in [5.74, 6) is 0.446. The fraction of sp³-hybridized carbons (Fsp3) is 0.462. The van der Waals surface area contributed by atoms with Gasteiger partial charge in [-0.1, -0.05) is 13.0 Å². The monoisotopic (exact) mass is 251 g/mol. The molecule has 5 nitrogen and oxygen atoms in total. The third-order valence-electron chi connectivity index (χ3n) is 2.56. The maximum atomic E-state index is 11.1. The Morgan fingerprint density at radius 3 is 2.78 bits per heavy atom. The molecule has 0 aliphatic heterocycles. The smallest absolute Gasteiger partial charge is 0.310 e. The van der Waals surface area contributed by atoms with Crippen LogP contribution in [0.1, 0.15) is 31.7 Å². The first-order valence-electron chi connectivity index (χ1n) is 5.94. The highest BCUT2D eigenvalue weighted by molar-refractivity contribution is 5.77. The van der Waals surface area contributed by atoms with Gasteiger partial charge in [0.1, 0.15) is 5.78 Å². The van der Waals surface area contributed by atoms with Crippen molar-refractivity contribution in [1.29, 1.82) is 0 Å². The lowest BCUT2D eigenvalue weighted by atomic mass is 10.2. The molecule has 0 fully saturated rings. The molecule has 0 unspecified atom stereocenters. The van der Waals surface area contributed by atoms with E-state index in [-0.39, 0.29) is 17.2 Å². The fourth-order valence-electron chi connectivity index (χ4n) is 1.52. The number of rotatable bonds is 7. The summed E-state index contributed by atoms with van der Waals surface area (Å²) in [6, 6.07) is 4.74. The number of aryl methyl sites for hydroxylation is 1. The Balaban J connectivity index is 2.58. The van der Waals surface area contributed by atoms with Gasteiger partial charge in [0, 0.05) is 18.9 Å². The van der Waals surface area contributed by atoms with Gasteiger partial charge in [-0.25, -0.2) is 0 Å². The van der Waals surface area contributed by atoms with Crippen molar-refractivity contribution < 1.29 is 14.5 Å². The van der Waals surface area contributed by atoms with E-state index in [0.717, 1.165) is 5.56 Å². The Morgan fingerprint density at radius 2 is 2.17 bits per heavy atom. The second kappa shape index (κ2) is 6.74. The average Bonchev–Trinajstić information content (AvgIpc) is 2.34. The summed E-state index contributed by atoms with van der Waals surface area (Å²) in [4.78, 5) is 21.4. The number of benzene rings is 1. The average molecular weight is 251 g/mol. The van der Waals surface area contributed by atoms with Gasteiger partial charge < -0.3 is 4.74 Å². The molecule has 0 heterocycles. The van der Waals surface area contributed by atoms with Gasteiger partial charge in [0.15, 0.2) is 5.75 Å². The minimum absolute atomic E-state index is 0.0394. The molecule has 0 bridgehead atoms. The summed E-state index contributed by atoms with van der Waals surface area (Å²) in [5, 5.41) is 10.8. The van der Waals surface area contributed by atoms with E-state index in [1.165, 1.54) is 6.07 Å². The van der Waals surface area contributed by atoms with Crippen LogP contribution in [0.25, 0.3) is 0 Å². The van der Waals surface area contributed by atoms with Crippen molar-refractivity contribution in [2.24, 2.45) is 0 Å². The van der Waals surface area contributed by atoms with Crippen LogP contribution in [0.4, 0.5) is 5.69 Å². The van der Waals surface area contributed by atoms with E-state index in [9.17, 15) is 14.9 Å². The van der Waals surface area contributed by atoms with E-state index in [4.69, 9.17) is 4.74 Å². The van der Waals surface area contributed by atoms with Crippen molar-refractivity contribution >= 4 is 11.5 Å². The number of ketones is 1. The Kier molecular flexibility index (Phi) is 5.30. The minimum atomic E-state index is -0.466. The van der Waals surface area contributed by atoms with E-state index < -0.39 is 4.92 Å². The van der Waals surface area contributed by atoms with Gasteiger partial charge in [-0.3, -0.25) is 14.9 Å². The quantitative estimate of drug-likeness (QED) is 0.424. The summed E-state index contributed by atoms with van der Waals surface area (Å²) in [6.07, 6.45) is 1.55. The molecule has 0 saturated heterocycles. The van der Waals surface area contributed by atoms with Gasteiger partial charge in [0.05, 0.1) is 11.5 Å². The highest BCUT2D eigenvalue weighted by Gasteiger charge is 2.14. The number of carbonyl (C=O) groups is 1. The van der Waals surface area contributed by atoms with Gasteiger partial charge in [-0.2, -0.15) is 0 Å². The Hall–Kier alpha value is -1.91. The van der Waals surface area contributed by atoms with E-state index in [1.807, 2.05) is 13.8 Å². The largest absolute Gasteiger partial charge is 0.487 e. The Bertz CT molecular complexity index is 443. The SMILES string of the molecule is CCC(=O)CCCOc1cc(C)ccc1[N+](=O)[O-]. The zero-order valence-corrected chi connectivity index (χ0v) is 10.6. The first-order valence-corrected chi connectivity index (χ1v) is 5.94. The van der Waals surface area contributed by atoms with Crippen molar-refractivity contribution in [1.82, 2.24) is 0 Å². The molecule has 0 amide bonds. The van der Waals surface area contributed by atoms with Gasteiger partial charge in [-0.15, -0.1) is 0 Å². The van der Waals surface area contributed by atoms with Crippen molar-refractivity contribution in [3.63, 3.8) is 0 Å². The predicted molar refractivity (Wildman–Crippen MR) is 67.9 cm³/mol. The number of hydrogen-bond donors (Lipinski definition) is 0. The van der Waals surface area contributed by atoms with Crippen LogP contribution in [0.15, 0.2) is 18.2 Å². The van der Waals surface area contributed by atoms with Crippen LogP contribution >= 0.6 is 0 Å². The Labute approximate surface area is 106 Å². The highest BCUT2D eigenvalue weighted by Crippen LogP contribution is 2.27. The number of Topliss-reactive ketones (excluding diaryl/α,β-unsaturated/α-hetero) is 1. The lowest BCUT2D eigenvalue weighted by molar-refractivity contribution is -0.385. The van der Waals surface area contributed by atoms with E-state index in [1.54, 1.807) is 12.1 Å². The molecule has 0 aromatic heterocycles. The van der Waals surface area contributed by atoms with Gasteiger partial charge in [0.2, 0.25) is 0 Å². The van der Waals surface area contributed by atoms with E-state index in [2.05, 4.69) is 0 Å². The topological polar surface area (TPSA) is 69.4 Å². The summed E-state index contributed by atoms with van der Waals surface area (Å²) >= 11 is 0. The zero-order valence-electron chi connectivity index (χ0n) is 10.6. The van der Waals surface area contributed by atoms with Crippen LogP contribution in [-0.2, 0) is 4.79 Å². The van der Waals surface area contributed by atoms with Crippen LogP contribution in [0.2, 0.25) is 0 Å². The third-order valence-corrected chi connectivity index (χ3v) is 2.56. The lowest BCUT2D eigenvalue weighted by Crippen LogP contribution is -2.04. The van der Waals surface area contributed by atoms with E-state index >= 15 is 0 Å². The lowest BCUT2D eigenvalue weighted by Gasteiger charge is -2.07. The predicted octanol–water partition coefficient (Wildman–Crippen LogP) is 3.04. The number of ether oxygens (including phenoxy) is 1. The number of nitro benzene ring substituents is 1. The normalized spacial score (nSPS) is 10.1. The molecular formula is C13H17NO4. The zero-order chi connectivity index (χ0) is 13.5. The standard InChI is InChI=1S/C13H17NO4/c1-3-11(15)5-4-8-18-13-9-10(2)6-7-12(13)14(16)17/h6-7,9H,3-5,8H2,1-2H3. The molecule has 0 N–H and O–H groups in total. The van der Waals surface area contributed by atoms with Crippen molar-refractivity contribution in [3.8, 4) is 5.75 Å². The van der Waals surface area contributed by atoms with E-state index in [0.29, 0.717) is 25.9 Å². The molecule has 0 saturated carbocycles. The molecule has 0 spiro atoms. The third kappa shape index (κ3) is 4.16. The first-order chi connectivity index (χ1) is 8.54. The molecule has 18 heavy (non-hydrogen) atoms. The second-order valence-corrected chi connectivity index (χ2v) is 4.07. The van der Waals surface area contributed by atoms with Gasteiger partial charge in [0.25, 0.3) is 0 Å². The summed E-state index contributed by atoms with van der Waals surface area (Å²) in [5.41, 5.74) is 0.864. The molecule has 0 aliphatic rings. The molecule has 5 heteroatoms. The number of nitro groups is 1. The summed E-state index contributed by atoms with van der Waals surface area (Å²) < 4.78 is 5.38. The first kappa shape index (κ1) is 14.2. The van der Waals surface area contributed by atoms with Crippen LogP contribution in [0.3, 0.4) is 0 Å². The summed E-state index contributed by atoms with van der Waals surface area (Å²) in [7, 11) is 0. The van der Waals surface area contributed by atoms with Crippen LogP contribution in [0, 0.1) is 17.0 Å². The molecule has 1 aromatic carbocycles. The number of hydrogen-bond acceptors (Lipinski definition) is 4. The number of nitrogens with zero attached hydrogens (tertiary/aromatic N) is 1. The molecule has 0 aliphatic carbocycles. The van der Waals surface area contributed by atoms with Gasteiger partial charge >= 0.3 is 5.69 Å². The van der Waals surface area contributed by atoms with Crippen LogP contribution < -0.4 is 4.74 Å². The maximum absolute atomic E-state index is 11.1. The molecule has 0 atom stereocenters. The maximum Gasteiger partial charge on any atom is 0.310 e. The van der Waals surface area contributed by atoms with Crippen molar-refractivity contribution in [2.45, 2.75) is 33.1 Å². The van der Waals surface area contributed by atoms with Crippen LogP contribution in [-0.4, -0.2) is 17.3 Å². The summed E-state index contributed by atoms with van der Waals surface area (Å²) in [6.45, 7) is 3.97. The molecule has 1 aromatic rings. The number of carbonyl (C=O) groups excluding carboxylic acids is 1. The fourth-order valence-corrected chi connectivity index (χ4v) is 1.52. The highest BCUT2D eigenvalue weighted by atomic mass is 16.6. The van der Waals surface area contributed by atoms with Gasteiger partial charge in [-0.05, 0) is 25.0 Å². The minimum Gasteiger partial charge on any atom is -0.487 e. The second-order valence-electron chi connectivity index (χ2n) is 4.07. The Morgan fingerprint density at radius 1 is 1.44 bits per heavy atom. The van der Waals surface area contributed by atoms with Crippen molar-refractivity contribution in [3.05, 3.63) is 33.9 Å². The van der Waals surface area contributed by atoms with Crippen molar-refractivity contribution in [2.75, 3.05) is 6.61 Å². The molecule has 1 rings (SSSR count). The van der Waals surface area contributed by atoms with Crippen LogP contribution in [0.5, 0.6) is 5.75 Å². The molecule has 0 radical (unpaired) electrons. The molecular weight excluding hydrogens is 234 g/mol.